The van der Waals surface area contributed by atoms with Crippen LogP contribution in [0, 0.1) is 5.92 Å². The average molecular weight is 241 g/mol. The Bertz CT molecular complexity index is 285. The lowest BCUT2D eigenvalue weighted by molar-refractivity contribution is 0.530. The van der Waals surface area contributed by atoms with Crippen molar-refractivity contribution in [3.05, 3.63) is 0 Å². The zero-order valence-electron chi connectivity index (χ0n) is 8.89. The fraction of sp³-hybridized carbons (Fsp3) is 1.00. The molecule has 0 aliphatic rings. The van der Waals surface area contributed by atoms with Crippen LogP contribution in [0.4, 0.5) is 0 Å². The first-order valence-corrected chi connectivity index (χ1v) is 8.05. The zero-order chi connectivity index (χ0) is 11.4. The van der Waals surface area contributed by atoms with Gasteiger partial charge in [-0.1, -0.05) is 13.8 Å². The molecule has 0 aliphatic carbocycles. The van der Waals surface area contributed by atoms with Gasteiger partial charge in [-0.15, -0.1) is 0 Å². The number of hydrogen-bond donors (Lipinski definition) is 1. The summed E-state index contributed by atoms with van der Waals surface area (Å²) in [5, 5.41) is 0. The predicted octanol–water partition coefficient (Wildman–Crippen LogP) is -0.237. The van der Waals surface area contributed by atoms with Gasteiger partial charge in [0.1, 0.15) is 9.84 Å². The first kappa shape index (κ1) is 14.1. The highest BCUT2D eigenvalue weighted by atomic mass is 32.2. The molecule has 2 N–H and O–H groups in total. The fourth-order valence-corrected chi connectivity index (χ4v) is 3.67. The van der Waals surface area contributed by atoms with E-state index in [1.54, 1.807) is 0 Å². The van der Waals surface area contributed by atoms with Gasteiger partial charge >= 0.3 is 0 Å². The minimum atomic E-state index is -3.01. The predicted molar refractivity (Wildman–Crippen MR) is 60.4 cm³/mol. The van der Waals surface area contributed by atoms with Crippen LogP contribution in [0.2, 0.25) is 0 Å². The Morgan fingerprint density at radius 3 is 2.21 bits per heavy atom. The molecule has 0 saturated heterocycles. The highest BCUT2D eigenvalue weighted by Crippen LogP contribution is 2.00. The van der Waals surface area contributed by atoms with E-state index in [-0.39, 0.29) is 23.5 Å². The SMILES string of the molecule is CC(C)C(N)CS(=O)CCS(C)(=O)=O. The summed E-state index contributed by atoms with van der Waals surface area (Å²) >= 11 is 0. The molecule has 6 heteroatoms. The van der Waals surface area contributed by atoms with Crippen LogP contribution in [0.3, 0.4) is 0 Å². The molecule has 0 saturated carbocycles. The first-order chi connectivity index (χ1) is 6.22. The van der Waals surface area contributed by atoms with Gasteiger partial charge in [-0.25, -0.2) is 8.42 Å². The maximum absolute atomic E-state index is 11.4. The second kappa shape index (κ2) is 5.82. The van der Waals surface area contributed by atoms with E-state index in [1.165, 1.54) is 0 Å². The summed E-state index contributed by atoms with van der Waals surface area (Å²) < 4.78 is 33.0. The molecular weight excluding hydrogens is 222 g/mol. The topological polar surface area (TPSA) is 77.2 Å². The van der Waals surface area contributed by atoms with Crippen molar-refractivity contribution in [2.24, 2.45) is 11.7 Å². The Labute approximate surface area is 88.6 Å². The third-order valence-corrected chi connectivity index (χ3v) is 4.54. The molecule has 4 nitrogen and oxygen atoms in total. The Morgan fingerprint density at radius 1 is 1.36 bits per heavy atom. The monoisotopic (exact) mass is 241 g/mol. The lowest BCUT2D eigenvalue weighted by Gasteiger charge is -2.14. The van der Waals surface area contributed by atoms with Gasteiger partial charge in [0.25, 0.3) is 0 Å². The van der Waals surface area contributed by atoms with Gasteiger partial charge in [-0.05, 0) is 5.92 Å². The van der Waals surface area contributed by atoms with Crippen LogP contribution in [-0.2, 0) is 20.6 Å². The molecule has 0 aromatic carbocycles. The van der Waals surface area contributed by atoms with E-state index in [0.29, 0.717) is 5.75 Å². The minimum Gasteiger partial charge on any atom is -0.327 e. The standard InChI is InChI=1S/C8H19NO3S2/c1-7(2)8(9)6-13(10)4-5-14(3,11)12/h7-8H,4-6,9H2,1-3H3. The van der Waals surface area contributed by atoms with Crippen molar-refractivity contribution in [2.75, 3.05) is 23.5 Å². The van der Waals surface area contributed by atoms with E-state index in [4.69, 9.17) is 5.73 Å². The summed E-state index contributed by atoms with van der Waals surface area (Å²) in [5.41, 5.74) is 5.71. The van der Waals surface area contributed by atoms with Gasteiger partial charge in [0.2, 0.25) is 0 Å². The van der Waals surface area contributed by atoms with E-state index in [2.05, 4.69) is 0 Å². The van der Waals surface area contributed by atoms with Crippen LogP contribution in [-0.4, -0.2) is 42.2 Å². The number of sulfone groups is 1. The molecule has 0 bridgehead atoms. The van der Waals surface area contributed by atoms with Gasteiger partial charge in [-0.3, -0.25) is 4.21 Å². The number of hydrogen-bond acceptors (Lipinski definition) is 4. The Kier molecular flexibility index (Phi) is 5.85. The van der Waals surface area contributed by atoms with Gasteiger partial charge in [0, 0.05) is 34.6 Å². The summed E-state index contributed by atoms with van der Waals surface area (Å²) in [7, 11) is -4.13. The van der Waals surface area contributed by atoms with E-state index in [1.807, 2.05) is 13.8 Å². The molecule has 86 valence electrons. The summed E-state index contributed by atoms with van der Waals surface area (Å²) in [4.78, 5) is 0. The third kappa shape index (κ3) is 7.46. The van der Waals surface area contributed by atoms with E-state index < -0.39 is 20.6 Å². The molecule has 0 aliphatic heterocycles. The molecule has 0 spiro atoms. The van der Waals surface area contributed by atoms with Crippen molar-refractivity contribution < 1.29 is 12.6 Å². The molecule has 0 heterocycles. The molecule has 0 aromatic rings. The van der Waals surface area contributed by atoms with Gasteiger partial charge in [0.05, 0.1) is 5.75 Å². The van der Waals surface area contributed by atoms with Crippen LogP contribution >= 0.6 is 0 Å². The maximum Gasteiger partial charge on any atom is 0.148 e. The highest BCUT2D eigenvalue weighted by molar-refractivity contribution is 7.92. The summed E-state index contributed by atoms with van der Waals surface area (Å²) in [6.07, 6.45) is 1.15. The van der Waals surface area contributed by atoms with E-state index in [9.17, 15) is 12.6 Å². The Balaban J connectivity index is 3.89. The smallest absolute Gasteiger partial charge is 0.148 e. The minimum absolute atomic E-state index is 0.0234. The number of nitrogens with two attached hydrogens (primary N) is 1. The zero-order valence-corrected chi connectivity index (χ0v) is 10.5. The van der Waals surface area contributed by atoms with Crippen LogP contribution in [0.15, 0.2) is 0 Å². The number of rotatable bonds is 6. The van der Waals surface area contributed by atoms with Crippen molar-refractivity contribution in [3.63, 3.8) is 0 Å². The lowest BCUT2D eigenvalue weighted by atomic mass is 10.1. The molecular formula is C8H19NO3S2. The molecule has 14 heavy (non-hydrogen) atoms. The second-order valence-electron chi connectivity index (χ2n) is 3.85. The Morgan fingerprint density at radius 2 is 1.86 bits per heavy atom. The largest absolute Gasteiger partial charge is 0.327 e. The van der Waals surface area contributed by atoms with Crippen molar-refractivity contribution in [3.8, 4) is 0 Å². The second-order valence-corrected chi connectivity index (χ2v) is 7.73. The van der Waals surface area contributed by atoms with E-state index in [0.717, 1.165) is 6.26 Å². The average Bonchev–Trinajstić information content (AvgIpc) is 1.99. The van der Waals surface area contributed by atoms with Crippen LogP contribution in [0.1, 0.15) is 13.8 Å². The molecule has 0 radical (unpaired) electrons. The van der Waals surface area contributed by atoms with Crippen molar-refractivity contribution >= 4 is 20.6 Å². The highest BCUT2D eigenvalue weighted by Gasteiger charge is 2.13. The first-order valence-electron chi connectivity index (χ1n) is 4.50. The lowest BCUT2D eigenvalue weighted by Crippen LogP contribution is -2.33. The summed E-state index contributed by atoms with van der Waals surface area (Å²) in [5.74, 6) is 0.828. The van der Waals surface area contributed by atoms with Crippen LogP contribution in [0.25, 0.3) is 0 Å². The van der Waals surface area contributed by atoms with Gasteiger partial charge in [-0.2, -0.15) is 0 Å². The van der Waals surface area contributed by atoms with Gasteiger partial charge in [0.15, 0.2) is 0 Å². The Hall–Kier alpha value is 0.0600. The normalized spacial score (nSPS) is 16.9. The molecule has 0 rings (SSSR count). The van der Waals surface area contributed by atoms with Crippen LogP contribution < -0.4 is 5.73 Å². The van der Waals surface area contributed by atoms with Crippen LogP contribution in [0.5, 0.6) is 0 Å². The molecule has 0 fully saturated rings. The molecule has 2 unspecified atom stereocenters. The fourth-order valence-electron chi connectivity index (χ4n) is 0.735. The third-order valence-electron chi connectivity index (χ3n) is 1.92. The van der Waals surface area contributed by atoms with E-state index >= 15 is 0 Å². The van der Waals surface area contributed by atoms with Crippen molar-refractivity contribution in [2.45, 2.75) is 19.9 Å². The molecule has 2 atom stereocenters. The quantitative estimate of drug-likeness (QED) is 0.696. The van der Waals surface area contributed by atoms with Crippen molar-refractivity contribution in [1.29, 1.82) is 0 Å². The molecule has 0 amide bonds. The van der Waals surface area contributed by atoms with Crippen molar-refractivity contribution in [1.82, 2.24) is 0 Å². The molecule has 0 aromatic heterocycles. The maximum atomic E-state index is 11.4. The summed E-state index contributed by atoms with van der Waals surface area (Å²) in [6.45, 7) is 3.91. The summed E-state index contributed by atoms with van der Waals surface area (Å²) in [6, 6.07) is -0.115. The van der Waals surface area contributed by atoms with Gasteiger partial charge < -0.3 is 5.73 Å².